The molecular weight excluding hydrogens is 411 g/mol. The van der Waals surface area contributed by atoms with Crippen LogP contribution in [0.25, 0.3) is 0 Å². The van der Waals surface area contributed by atoms with Gasteiger partial charge in [0.2, 0.25) is 0 Å². The van der Waals surface area contributed by atoms with Crippen LogP contribution in [-0.4, -0.2) is 40.8 Å². The van der Waals surface area contributed by atoms with E-state index >= 15 is 0 Å². The molecule has 0 bridgehead atoms. The maximum atomic E-state index is 12.7. The molecule has 0 spiro atoms. The van der Waals surface area contributed by atoms with Crippen molar-refractivity contribution < 1.29 is 9.59 Å². The van der Waals surface area contributed by atoms with Crippen LogP contribution in [0.2, 0.25) is 10.0 Å². The highest BCUT2D eigenvalue weighted by Gasteiger charge is 2.21. The molecule has 1 aliphatic heterocycles. The third kappa shape index (κ3) is 5.56. The van der Waals surface area contributed by atoms with E-state index in [9.17, 15) is 9.59 Å². The van der Waals surface area contributed by atoms with E-state index in [1.807, 2.05) is 6.08 Å². The fourth-order valence-electron chi connectivity index (χ4n) is 3.01. The number of carbonyl (C=O) groups excluding carboxylic acids is 2. The zero-order valence-electron chi connectivity index (χ0n) is 16.2. The normalized spacial score (nSPS) is 14.4. The SMILES string of the molecule is CC(C)N1CC=C(C(=O)Nc2ccc(Cl)cc2C(=O)Nc2ccc(Cl)cn2)CC1. The molecule has 6 nitrogen and oxygen atoms in total. The van der Waals surface area contributed by atoms with E-state index in [-0.39, 0.29) is 11.5 Å². The lowest BCUT2D eigenvalue weighted by atomic mass is 10.1. The Morgan fingerprint density at radius 1 is 1.07 bits per heavy atom. The topological polar surface area (TPSA) is 74.3 Å². The van der Waals surface area contributed by atoms with Gasteiger partial charge in [-0.1, -0.05) is 29.3 Å². The molecule has 3 rings (SSSR count). The molecule has 0 radical (unpaired) electrons. The minimum Gasteiger partial charge on any atom is -0.322 e. The van der Waals surface area contributed by atoms with Gasteiger partial charge in [-0.3, -0.25) is 14.5 Å². The van der Waals surface area contributed by atoms with E-state index in [0.717, 1.165) is 13.1 Å². The molecule has 2 N–H and O–H groups in total. The molecule has 0 saturated carbocycles. The summed E-state index contributed by atoms with van der Waals surface area (Å²) in [6.07, 6.45) is 4.04. The second-order valence-corrected chi connectivity index (χ2v) is 7.90. The average molecular weight is 433 g/mol. The third-order valence-corrected chi connectivity index (χ3v) is 5.16. The standard InChI is InChI=1S/C21H22Cl2N4O2/c1-13(2)27-9-7-14(8-10-27)20(28)25-18-5-3-15(22)11-17(18)21(29)26-19-6-4-16(23)12-24-19/h3-7,11-13H,8-10H2,1-2H3,(H,25,28)(H,24,26,29). The summed E-state index contributed by atoms with van der Waals surface area (Å²) in [6.45, 7) is 5.82. The number of nitrogens with one attached hydrogen (secondary N) is 2. The second-order valence-electron chi connectivity index (χ2n) is 7.03. The largest absolute Gasteiger partial charge is 0.322 e. The number of pyridine rings is 1. The number of hydrogen-bond acceptors (Lipinski definition) is 4. The molecule has 29 heavy (non-hydrogen) atoms. The monoisotopic (exact) mass is 432 g/mol. The molecule has 0 aliphatic carbocycles. The van der Waals surface area contributed by atoms with Crippen LogP contribution in [0, 0.1) is 0 Å². The number of halogens is 2. The zero-order chi connectivity index (χ0) is 21.0. The van der Waals surface area contributed by atoms with E-state index in [0.29, 0.717) is 39.6 Å². The molecule has 0 unspecified atom stereocenters. The van der Waals surface area contributed by atoms with Gasteiger partial charge in [0, 0.05) is 35.9 Å². The van der Waals surface area contributed by atoms with Crippen molar-refractivity contribution in [2.75, 3.05) is 23.7 Å². The minimum atomic E-state index is -0.429. The molecule has 2 amide bonds. The fraction of sp³-hybridized carbons (Fsp3) is 0.286. The summed E-state index contributed by atoms with van der Waals surface area (Å²) in [5, 5.41) is 6.38. The lowest BCUT2D eigenvalue weighted by molar-refractivity contribution is -0.113. The lowest BCUT2D eigenvalue weighted by Crippen LogP contribution is -2.36. The number of aromatic nitrogens is 1. The van der Waals surface area contributed by atoms with Gasteiger partial charge >= 0.3 is 0 Å². The van der Waals surface area contributed by atoms with Crippen molar-refractivity contribution in [3.63, 3.8) is 0 Å². The van der Waals surface area contributed by atoms with Gasteiger partial charge < -0.3 is 10.6 Å². The van der Waals surface area contributed by atoms with Crippen molar-refractivity contribution in [3.05, 3.63) is 63.8 Å². The smallest absolute Gasteiger partial charge is 0.258 e. The van der Waals surface area contributed by atoms with Crippen LogP contribution in [0.5, 0.6) is 0 Å². The fourth-order valence-corrected chi connectivity index (χ4v) is 3.29. The summed E-state index contributed by atoms with van der Waals surface area (Å²) in [5.41, 5.74) is 1.35. The number of carbonyl (C=O) groups is 2. The molecule has 2 heterocycles. The summed E-state index contributed by atoms with van der Waals surface area (Å²) in [6, 6.07) is 8.41. The summed E-state index contributed by atoms with van der Waals surface area (Å²) in [7, 11) is 0. The van der Waals surface area contributed by atoms with Crippen LogP contribution in [0.1, 0.15) is 30.6 Å². The van der Waals surface area contributed by atoms with Gasteiger partial charge in [-0.2, -0.15) is 0 Å². The number of hydrogen-bond donors (Lipinski definition) is 2. The molecular formula is C21H22Cl2N4O2. The van der Waals surface area contributed by atoms with E-state index in [1.165, 1.54) is 12.3 Å². The van der Waals surface area contributed by atoms with Gasteiger partial charge in [0.1, 0.15) is 5.82 Å². The molecule has 2 aromatic rings. The maximum Gasteiger partial charge on any atom is 0.258 e. The molecule has 1 aromatic carbocycles. The Balaban J connectivity index is 1.75. The molecule has 0 atom stereocenters. The van der Waals surface area contributed by atoms with Crippen molar-refractivity contribution in [3.8, 4) is 0 Å². The molecule has 1 aliphatic rings. The maximum absolute atomic E-state index is 12.7. The Bertz CT molecular complexity index is 942. The van der Waals surface area contributed by atoms with Crippen LogP contribution < -0.4 is 10.6 Å². The van der Waals surface area contributed by atoms with Crippen molar-refractivity contribution in [2.24, 2.45) is 0 Å². The van der Waals surface area contributed by atoms with E-state index < -0.39 is 5.91 Å². The minimum absolute atomic E-state index is 0.214. The Kier molecular flexibility index (Phi) is 6.90. The molecule has 1 aromatic heterocycles. The third-order valence-electron chi connectivity index (χ3n) is 4.71. The lowest BCUT2D eigenvalue weighted by Gasteiger charge is -2.29. The van der Waals surface area contributed by atoms with Crippen molar-refractivity contribution >= 4 is 46.5 Å². The summed E-state index contributed by atoms with van der Waals surface area (Å²) >= 11 is 11.9. The van der Waals surface area contributed by atoms with Crippen LogP contribution in [0.3, 0.4) is 0 Å². The summed E-state index contributed by atoms with van der Waals surface area (Å²) < 4.78 is 0. The first-order valence-electron chi connectivity index (χ1n) is 9.30. The van der Waals surface area contributed by atoms with Gasteiger partial charge in [-0.25, -0.2) is 4.98 Å². The Labute approximate surface area is 179 Å². The Morgan fingerprint density at radius 3 is 2.45 bits per heavy atom. The van der Waals surface area contributed by atoms with Crippen LogP contribution in [0.15, 0.2) is 48.2 Å². The molecule has 0 saturated heterocycles. The van der Waals surface area contributed by atoms with Crippen molar-refractivity contribution in [1.82, 2.24) is 9.88 Å². The van der Waals surface area contributed by atoms with E-state index in [4.69, 9.17) is 23.2 Å². The van der Waals surface area contributed by atoms with E-state index in [1.54, 1.807) is 24.3 Å². The number of amides is 2. The highest BCUT2D eigenvalue weighted by atomic mass is 35.5. The molecule has 0 fully saturated rings. The first kappa shape index (κ1) is 21.3. The van der Waals surface area contributed by atoms with Gasteiger partial charge in [0.25, 0.3) is 11.8 Å². The van der Waals surface area contributed by atoms with Crippen LogP contribution in [-0.2, 0) is 4.79 Å². The predicted molar refractivity (Wildman–Crippen MR) is 117 cm³/mol. The van der Waals surface area contributed by atoms with Gasteiger partial charge in [0.05, 0.1) is 16.3 Å². The predicted octanol–water partition coefficient (Wildman–Crippen LogP) is 4.62. The highest BCUT2D eigenvalue weighted by Crippen LogP contribution is 2.24. The van der Waals surface area contributed by atoms with Crippen molar-refractivity contribution in [2.45, 2.75) is 26.3 Å². The first-order valence-corrected chi connectivity index (χ1v) is 10.1. The number of anilines is 2. The highest BCUT2D eigenvalue weighted by molar-refractivity contribution is 6.31. The molecule has 152 valence electrons. The number of nitrogens with zero attached hydrogens (tertiary/aromatic N) is 2. The number of benzene rings is 1. The van der Waals surface area contributed by atoms with Gasteiger partial charge in [-0.05, 0) is 50.6 Å². The first-order chi connectivity index (χ1) is 13.8. The van der Waals surface area contributed by atoms with Crippen LogP contribution in [0.4, 0.5) is 11.5 Å². The Hall–Kier alpha value is -2.41. The zero-order valence-corrected chi connectivity index (χ0v) is 17.7. The van der Waals surface area contributed by atoms with Gasteiger partial charge in [0.15, 0.2) is 0 Å². The summed E-state index contributed by atoms with van der Waals surface area (Å²) in [4.78, 5) is 31.8. The van der Waals surface area contributed by atoms with Crippen LogP contribution >= 0.6 is 23.2 Å². The molecule has 8 heteroatoms. The second kappa shape index (κ2) is 9.39. The average Bonchev–Trinajstić information content (AvgIpc) is 2.71. The van der Waals surface area contributed by atoms with Gasteiger partial charge in [-0.15, -0.1) is 0 Å². The quantitative estimate of drug-likeness (QED) is 0.722. The van der Waals surface area contributed by atoms with E-state index in [2.05, 4.69) is 34.4 Å². The summed E-state index contributed by atoms with van der Waals surface area (Å²) in [5.74, 6) is -0.295. The number of rotatable bonds is 5. The van der Waals surface area contributed by atoms with Crippen molar-refractivity contribution in [1.29, 1.82) is 0 Å². The Morgan fingerprint density at radius 2 is 1.83 bits per heavy atom.